The number of carbonyl (C=O) groups is 3. The molecule has 2 aliphatic heterocycles. The highest BCUT2D eigenvalue weighted by Gasteiger charge is 2.47. The molecule has 0 aromatic heterocycles. The molecule has 0 spiro atoms. The predicted octanol–water partition coefficient (Wildman–Crippen LogP) is 1.68. The van der Waals surface area contributed by atoms with E-state index < -0.39 is 6.04 Å². The molecule has 1 aliphatic carbocycles. The fourth-order valence-corrected chi connectivity index (χ4v) is 4.80. The van der Waals surface area contributed by atoms with Gasteiger partial charge in [0.05, 0.1) is 18.2 Å². The lowest BCUT2D eigenvalue weighted by Gasteiger charge is -2.35. The lowest BCUT2D eigenvalue weighted by Crippen LogP contribution is -2.51. The van der Waals surface area contributed by atoms with Crippen molar-refractivity contribution in [3.05, 3.63) is 70.8 Å². The highest BCUT2D eigenvalue weighted by Crippen LogP contribution is 2.41. The summed E-state index contributed by atoms with van der Waals surface area (Å²) in [6, 6.07) is 16.4. The molecule has 2 aromatic rings. The molecule has 1 saturated heterocycles. The van der Waals surface area contributed by atoms with Gasteiger partial charge in [0.15, 0.2) is 0 Å². The Labute approximate surface area is 198 Å². The van der Waals surface area contributed by atoms with E-state index >= 15 is 0 Å². The Morgan fingerprint density at radius 2 is 1.71 bits per heavy atom. The van der Waals surface area contributed by atoms with Gasteiger partial charge in [0.2, 0.25) is 11.8 Å². The summed E-state index contributed by atoms with van der Waals surface area (Å²) in [6.07, 6.45) is 1.82. The Kier molecular flexibility index (Phi) is 6.03. The van der Waals surface area contributed by atoms with Crippen molar-refractivity contribution in [3.8, 4) is 6.07 Å². The quantitative estimate of drug-likeness (QED) is 0.712. The van der Waals surface area contributed by atoms with Crippen LogP contribution in [0.5, 0.6) is 0 Å². The first-order valence-electron chi connectivity index (χ1n) is 11.7. The van der Waals surface area contributed by atoms with Crippen LogP contribution in [-0.4, -0.2) is 71.2 Å². The molecule has 8 nitrogen and oxygen atoms in total. The highest BCUT2D eigenvalue weighted by atomic mass is 16.2. The lowest BCUT2D eigenvalue weighted by molar-refractivity contribution is -0.135. The van der Waals surface area contributed by atoms with Crippen LogP contribution in [0.15, 0.2) is 48.5 Å². The van der Waals surface area contributed by atoms with Crippen LogP contribution >= 0.6 is 0 Å². The van der Waals surface area contributed by atoms with Gasteiger partial charge in [0, 0.05) is 44.3 Å². The van der Waals surface area contributed by atoms with Crippen molar-refractivity contribution in [3.63, 3.8) is 0 Å². The molecule has 0 radical (unpaired) electrons. The third kappa shape index (κ3) is 4.39. The summed E-state index contributed by atoms with van der Waals surface area (Å²) in [6.45, 7) is 3.41. The zero-order valence-corrected chi connectivity index (χ0v) is 18.9. The van der Waals surface area contributed by atoms with Crippen molar-refractivity contribution in [2.24, 2.45) is 0 Å². The van der Waals surface area contributed by atoms with Crippen LogP contribution in [0.4, 0.5) is 0 Å². The fraction of sp³-hybridized carbons (Fsp3) is 0.385. The van der Waals surface area contributed by atoms with E-state index in [1.165, 1.54) is 0 Å². The number of carbonyl (C=O) groups excluding carboxylic acids is 3. The molecule has 5 rings (SSSR count). The summed E-state index contributed by atoms with van der Waals surface area (Å²) in [5, 5.41) is 11.7. The summed E-state index contributed by atoms with van der Waals surface area (Å²) >= 11 is 0. The smallest absolute Gasteiger partial charge is 0.255 e. The summed E-state index contributed by atoms with van der Waals surface area (Å²) in [7, 11) is 0. The first-order chi connectivity index (χ1) is 16.5. The molecule has 0 bridgehead atoms. The summed E-state index contributed by atoms with van der Waals surface area (Å²) < 4.78 is 0. The Hall–Kier alpha value is -3.70. The molecule has 174 valence electrons. The van der Waals surface area contributed by atoms with Gasteiger partial charge in [-0.15, -0.1) is 0 Å². The predicted molar refractivity (Wildman–Crippen MR) is 124 cm³/mol. The molecule has 1 saturated carbocycles. The molecule has 2 aromatic carbocycles. The van der Waals surface area contributed by atoms with Gasteiger partial charge >= 0.3 is 0 Å². The molecule has 2 fully saturated rings. The number of amides is 3. The van der Waals surface area contributed by atoms with E-state index in [0.717, 1.165) is 43.6 Å². The maximum Gasteiger partial charge on any atom is 0.255 e. The molecule has 34 heavy (non-hydrogen) atoms. The van der Waals surface area contributed by atoms with Crippen LogP contribution < -0.4 is 5.32 Å². The Morgan fingerprint density at radius 1 is 1.00 bits per heavy atom. The fourth-order valence-electron chi connectivity index (χ4n) is 4.80. The molecule has 3 aliphatic rings. The van der Waals surface area contributed by atoms with Crippen LogP contribution in [0.3, 0.4) is 0 Å². The second kappa shape index (κ2) is 9.27. The molecular weight excluding hydrogens is 430 g/mol. The molecule has 1 N–H and O–H groups in total. The van der Waals surface area contributed by atoms with Crippen LogP contribution in [0.2, 0.25) is 0 Å². The average molecular weight is 458 g/mol. The molecule has 8 heteroatoms. The van der Waals surface area contributed by atoms with Crippen molar-refractivity contribution < 1.29 is 14.4 Å². The Morgan fingerprint density at radius 3 is 2.38 bits per heavy atom. The minimum Gasteiger partial charge on any atom is -0.345 e. The molecular formula is C26H27N5O3. The second-order valence-corrected chi connectivity index (χ2v) is 9.12. The summed E-state index contributed by atoms with van der Waals surface area (Å²) in [4.78, 5) is 44.4. The highest BCUT2D eigenvalue weighted by molar-refractivity contribution is 6.05. The first kappa shape index (κ1) is 22.1. The van der Waals surface area contributed by atoms with Gasteiger partial charge in [-0.25, -0.2) is 0 Å². The van der Waals surface area contributed by atoms with Crippen molar-refractivity contribution in [1.29, 1.82) is 5.26 Å². The van der Waals surface area contributed by atoms with E-state index in [-0.39, 0.29) is 30.3 Å². The average Bonchev–Trinajstić information content (AvgIpc) is 3.67. The molecule has 2 heterocycles. The van der Waals surface area contributed by atoms with Crippen molar-refractivity contribution in [2.75, 3.05) is 32.7 Å². The van der Waals surface area contributed by atoms with E-state index in [9.17, 15) is 14.4 Å². The summed E-state index contributed by atoms with van der Waals surface area (Å²) in [5.74, 6) is -0.497. The van der Waals surface area contributed by atoms with Gasteiger partial charge in [0.1, 0.15) is 6.04 Å². The van der Waals surface area contributed by atoms with Gasteiger partial charge in [-0.3, -0.25) is 19.3 Å². The number of benzene rings is 2. The van der Waals surface area contributed by atoms with Gasteiger partial charge in [0.25, 0.3) is 5.91 Å². The number of hydrogen-bond acceptors (Lipinski definition) is 5. The van der Waals surface area contributed by atoms with Crippen LogP contribution in [0, 0.1) is 11.3 Å². The zero-order valence-electron chi connectivity index (χ0n) is 18.9. The van der Waals surface area contributed by atoms with Crippen LogP contribution in [-0.2, 0) is 16.1 Å². The normalized spacial score (nSPS) is 20.1. The number of nitrogens with zero attached hydrogens (tertiary/aromatic N) is 4. The lowest BCUT2D eigenvalue weighted by atomic mass is 10.0. The van der Waals surface area contributed by atoms with Gasteiger partial charge < -0.3 is 15.1 Å². The zero-order chi connectivity index (χ0) is 23.7. The van der Waals surface area contributed by atoms with Crippen molar-refractivity contribution in [1.82, 2.24) is 20.0 Å². The maximum absolute atomic E-state index is 13.1. The minimum absolute atomic E-state index is 0.0696. The van der Waals surface area contributed by atoms with Gasteiger partial charge in [-0.1, -0.05) is 30.3 Å². The standard InChI is InChI=1S/C26H27N5O3/c27-15-18-5-7-19(8-6-18)17-29-11-13-30(14-12-29)23(32)16-28-25(33)24-21-3-1-2-4-22(21)26(34)31(24)20-9-10-20/h1-8,20,24H,9-14,16-17H2,(H,28,33). The number of nitrogens with one attached hydrogen (secondary N) is 1. The summed E-state index contributed by atoms with van der Waals surface area (Å²) in [5.41, 5.74) is 3.09. The molecule has 3 amide bonds. The van der Waals surface area contributed by atoms with E-state index in [4.69, 9.17) is 5.26 Å². The monoisotopic (exact) mass is 457 g/mol. The minimum atomic E-state index is -0.659. The Bertz CT molecular complexity index is 1140. The van der Waals surface area contributed by atoms with Crippen LogP contribution in [0.25, 0.3) is 0 Å². The van der Waals surface area contributed by atoms with Crippen LogP contribution in [0.1, 0.15) is 45.9 Å². The first-order valence-corrected chi connectivity index (χ1v) is 11.7. The number of hydrogen-bond donors (Lipinski definition) is 1. The van der Waals surface area contributed by atoms with Gasteiger partial charge in [-0.2, -0.15) is 5.26 Å². The number of rotatable bonds is 6. The molecule has 1 unspecified atom stereocenters. The largest absolute Gasteiger partial charge is 0.345 e. The number of piperazine rings is 1. The number of nitriles is 1. The van der Waals surface area contributed by atoms with Crippen molar-refractivity contribution >= 4 is 17.7 Å². The van der Waals surface area contributed by atoms with Gasteiger partial charge in [-0.05, 0) is 42.2 Å². The van der Waals surface area contributed by atoms with Crippen molar-refractivity contribution in [2.45, 2.75) is 31.5 Å². The number of fused-ring (bicyclic) bond motifs is 1. The third-order valence-electron chi connectivity index (χ3n) is 6.82. The third-order valence-corrected chi connectivity index (χ3v) is 6.82. The van der Waals surface area contributed by atoms with E-state index in [0.29, 0.717) is 24.2 Å². The molecule has 1 atom stereocenters. The van der Waals surface area contributed by atoms with E-state index in [2.05, 4.69) is 16.3 Å². The second-order valence-electron chi connectivity index (χ2n) is 9.12. The maximum atomic E-state index is 13.1. The Balaban J connectivity index is 1.13. The van der Waals surface area contributed by atoms with E-state index in [1.807, 2.05) is 42.5 Å². The SMILES string of the molecule is N#Cc1ccc(CN2CCN(C(=O)CNC(=O)C3c4ccccc4C(=O)N3C3CC3)CC2)cc1. The van der Waals surface area contributed by atoms with E-state index in [1.54, 1.807) is 15.9 Å². The topological polar surface area (TPSA) is 96.7 Å².